The van der Waals surface area contributed by atoms with Gasteiger partial charge in [-0.25, -0.2) is 9.59 Å². The quantitative estimate of drug-likeness (QED) is 0.598. The number of hydrogen-bond donors (Lipinski definition) is 0. The molecule has 1 aliphatic rings. The molecular weight excluding hydrogens is 412 g/mol. The molecule has 2 heterocycles. The smallest absolute Gasteiger partial charge is 0.410 e. The van der Waals surface area contributed by atoms with Crippen molar-refractivity contribution in [3.8, 4) is 5.75 Å². The first-order chi connectivity index (χ1) is 15.1. The lowest BCUT2D eigenvalue weighted by atomic mass is 9.98. The zero-order valence-electron chi connectivity index (χ0n) is 19.5. The third-order valence-electron chi connectivity index (χ3n) is 5.37. The summed E-state index contributed by atoms with van der Waals surface area (Å²) in [5.74, 6) is 1.25. The van der Waals surface area contributed by atoms with Crippen molar-refractivity contribution in [1.29, 1.82) is 0 Å². The number of hydrogen-bond acceptors (Lipinski definition) is 7. The van der Waals surface area contributed by atoms with Gasteiger partial charge in [0, 0.05) is 13.1 Å². The van der Waals surface area contributed by atoms with E-state index in [2.05, 4.69) is 5.16 Å². The average Bonchev–Trinajstić information content (AvgIpc) is 3.07. The summed E-state index contributed by atoms with van der Waals surface area (Å²) in [5.41, 5.74) is 1.70. The summed E-state index contributed by atoms with van der Waals surface area (Å²) < 4.78 is 21.8. The van der Waals surface area contributed by atoms with Gasteiger partial charge in [0.05, 0.1) is 23.4 Å². The van der Waals surface area contributed by atoms with Crippen molar-refractivity contribution in [2.24, 2.45) is 5.92 Å². The Hall–Kier alpha value is -3.03. The molecule has 0 aliphatic carbocycles. The maximum Gasteiger partial charge on any atom is 0.410 e. The van der Waals surface area contributed by atoms with E-state index in [1.54, 1.807) is 29.2 Å². The van der Waals surface area contributed by atoms with Crippen LogP contribution in [0.5, 0.6) is 5.75 Å². The summed E-state index contributed by atoms with van der Waals surface area (Å²) in [6.07, 6.45) is 1.27. The van der Waals surface area contributed by atoms with Crippen LogP contribution in [0.15, 0.2) is 28.8 Å². The molecule has 174 valence electrons. The molecule has 0 N–H and O–H groups in total. The van der Waals surface area contributed by atoms with Crippen LogP contribution in [-0.4, -0.2) is 47.4 Å². The van der Waals surface area contributed by atoms with Gasteiger partial charge in [-0.05, 0) is 77.6 Å². The zero-order valence-corrected chi connectivity index (χ0v) is 19.5. The van der Waals surface area contributed by atoms with E-state index in [0.717, 1.165) is 29.9 Å². The maximum absolute atomic E-state index is 12.4. The first-order valence-corrected chi connectivity index (χ1v) is 10.9. The molecule has 1 saturated heterocycles. The second-order valence-electron chi connectivity index (χ2n) is 9.13. The Morgan fingerprint density at radius 3 is 2.34 bits per heavy atom. The number of ether oxygens (including phenoxy) is 3. The van der Waals surface area contributed by atoms with Crippen LogP contribution in [0.4, 0.5) is 4.79 Å². The van der Waals surface area contributed by atoms with Crippen molar-refractivity contribution in [3.63, 3.8) is 0 Å². The number of carbonyl (C=O) groups excluding carboxylic acids is 2. The fourth-order valence-electron chi connectivity index (χ4n) is 3.44. The number of aromatic nitrogens is 1. The lowest BCUT2D eigenvalue weighted by Gasteiger charge is -2.33. The molecule has 1 aromatic carbocycles. The van der Waals surface area contributed by atoms with E-state index < -0.39 is 5.60 Å². The first kappa shape index (κ1) is 23.6. The lowest BCUT2D eigenvalue weighted by Crippen LogP contribution is -2.42. The van der Waals surface area contributed by atoms with Crippen LogP contribution in [0.25, 0.3) is 0 Å². The number of amides is 1. The molecule has 0 spiro atoms. The van der Waals surface area contributed by atoms with E-state index in [9.17, 15) is 9.59 Å². The average molecular weight is 445 g/mol. The molecule has 32 heavy (non-hydrogen) atoms. The van der Waals surface area contributed by atoms with Gasteiger partial charge >= 0.3 is 12.1 Å². The standard InChI is InChI=1S/C24H32N2O6/c1-16-21(17(2)32-25-16)15-29-20-8-6-19(7-9-20)22(27)30-14-18-10-12-26(13-11-18)23(28)31-24(3,4)5/h6-9,18H,10-15H2,1-5H3. The number of piperidine rings is 1. The van der Waals surface area contributed by atoms with Crippen molar-refractivity contribution in [1.82, 2.24) is 10.1 Å². The highest BCUT2D eigenvalue weighted by Crippen LogP contribution is 2.21. The minimum atomic E-state index is -0.502. The molecule has 8 nitrogen and oxygen atoms in total. The lowest BCUT2D eigenvalue weighted by molar-refractivity contribution is 0.0115. The Morgan fingerprint density at radius 2 is 1.78 bits per heavy atom. The summed E-state index contributed by atoms with van der Waals surface area (Å²) in [5, 5.41) is 3.91. The van der Waals surface area contributed by atoms with Gasteiger partial charge in [0.15, 0.2) is 0 Å². The molecule has 0 unspecified atom stereocenters. The monoisotopic (exact) mass is 444 g/mol. The number of likely N-dealkylation sites (tertiary alicyclic amines) is 1. The van der Waals surface area contributed by atoms with Crippen molar-refractivity contribution in [2.75, 3.05) is 19.7 Å². The van der Waals surface area contributed by atoms with Crippen LogP contribution in [0, 0.1) is 19.8 Å². The van der Waals surface area contributed by atoms with Crippen molar-refractivity contribution in [3.05, 3.63) is 46.8 Å². The van der Waals surface area contributed by atoms with Crippen molar-refractivity contribution < 1.29 is 28.3 Å². The van der Waals surface area contributed by atoms with E-state index in [0.29, 0.717) is 37.6 Å². The number of benzene rings is 1. The highest BCUT2D eigenvalue weighted by atomic mass is 16.6. The minimum absolute atomic E-state index is 0.232. The SMILES string of the molecule is Cc1noc(C)c1COc1ccc(C(=O)OCC2CCN(C(=O)OC(C)(C)C)CC2)cc1. The van der Waals surface area contributed by atoms with Gasteiger partial charge in [0.25, 0.3) is 0 Å². The molecule has 1 fully saturated rings. The summed E-state index contributed by atoms with van der Waals surface area (Å²) in [4.78, 5) is 26.3. The molecule has 1 aromatic heterocycles. The fraction of sp³-hybridized carbons (Fsp3) is 0.542. The molecule has 3 rings (SSSR count). The first-order valence-electron chi connectivity index (χ1n) is 10.9. The molecule has 0 bridgehead atoms. The van der Waals surface area contributed by atoms with Gasteiger partial charge < -0.3 is 23.6 Å². The summed E-state index contributed by atoms with van der Waals surface area (Å²) in [7, 11) is 0. The second-order valence-corrected chi connectivity index (χ2v) is 9.13. The van der Waals surface area contributed by atoms with Gasteiger partial charge in [0.2, 0.25) is 0 Å². The number of aryl methyl sites for hydroxylation is 2. The Labute approximate surface area is 188 Å². The Balaban J connectivity index is 1.41. The molecule has 0 saturated carbocycles. The second kappa shape index (κ2) is 10.1. The molecule has 1 amide bonds. The predicted molar refractivity (Wildman–Crippen MR) is 118 cm³/mol. The Bertz CT molecular complexity index is 901. The summed E-state index contributed by atoms with van der Waals surface area (Å²) in [6, 6.07) is 6.87. The van der Waals surface area contributed by atoms with Crippen LogP contribution < -0.4 is 4.74 Å². The van der Waals surface area contributed by atoms with Crippen LogP contribution >= 0.6 is 0 Å². The van der Waals surface area contributed by atoms with Gasteiger partial charge in [-0.3, -0.25) is 0 Å². The fourth-order valence-corrected chi connectivity index (χ4v) is 3.44. The summed E-state index contributed by atoms with van der Waals surface area (Å²) in [6.45, 7) is 11.2. The van der Waals surface area contributed by atoms with Crippen LogP contribution in [0.2, 0.25) is 0 Å². The van der Waals surface area contributed by atoms with Gasteiger partial charge in [-0.1, -0.05) is 5.16 Å². The Kier molecular flexibility index (Phi) is 7.43. The number of carbonyl (C=O) groups is 2. The third-order valence-corrected chi connectivity index (χ3v) is 5.37. The molecule has 2 aromatic rings. The van der Waals surface area contributed by atoms with E-state index >= 15 is 0 Å². The minimum Gasteiger partial charge on any atom is -0.489 e. The van der Waals surface area contributed by atoms with Crippen LogP contribution in [0.3, 0.4) is 0 Å². The van der Waals surface area contributed by atoms with E-state index in [-0.39, 0.29) is 18.0 Å². The topological polar surface area (TPSA) is 91.1 Å². The van der Waals surface area contributed by atoms with Crippen LogP contribution in [0.1, 0.15) is 61.0 Å². The number of esters is 1. The molecule has 0 atom stereocenters. The number of nitrogens with zero attached hydrogens (tertiary/aromatic N) is 2. The van der Waals surface area contributed by atoms with Crippen molar-refractivity contribution in [2.45, 2.75) is 59.7 Å². The maximum atomic E-state index is 12.4. The normalized spacial score (nSPS) is 14.8. The molecule has 8 heteroatoms. The highest BCUT2D eigenvalue weighted by Gasteiger charge is 2.27. The van der Waals surface area contributed by atoms with Gasteiger partial charge in [-0.15, -0.1) is 0 Å². The predicted octanol–water partition coefficient (Wildman–Crippen LogP) is 4.67. The van der Waals surface area contributed by atoms with Gasteiger partial charge in [-0.2, -0.15) is 0 Å². The van der Waals surface area contributed by atoms with E-state index in [1.807, 2.05) is 34.6 Å². The number of rotatable bonds is 6. The molecule has 1 aliphatic heterocycles. The Morgan fingerprint density at radius 1 is 1.12 bits per heavy atom. The van der Waals surface area contributed by atoms with E-state index in [1.165, 1.54) is 0 Å². The summed E-state index contributed by atoms with van der Waals surface area (Å²) >= 11 is 0. The largest absolute Gasteiger partial charge is 0.489 e. The van der Waals surface area contributed by atoms with E-state index in [4.69, 9.17) is 18.7 Å². The third kappa shape index (κ3) is 6.48. The molecule has 0 radical (unpaired) electrons. The zero-order chi connectivity index (χ0) is 23.3. The van der Waals surface area contributed by atoms with Gasteiger partial charge in [0.1, 0.15) is 23.7 Å². The van der Waals surface area contributed by atoms with Crippen LogP contribution in [-0.2, 0) is 16.1 Å². The highest BCUT2D eigenvalue weighted by molar-refractivity contribution is 5.89. The molecular formula is C24H32N2O6. The van der Waals surface area contributed by atoms with Crippen molar-refractivity contribution >= 4 is 12.1 Å².